The van der Waals surface area contributed by atoms with Crippen molar-refractivity contribution in [3.63, 3.8) is 0 Å². The van der Waals surface area contributed by atoms with Crippen LogP contribution in [0.15, 0.2) is 66.2 Å². The molecule has 0 fully saturated rings. The third-order valence-corrected chi connectivity index (χ3v) is 6.11. The molecule has 0 aliphatic heterocycles. The van der Waals surface area contributed by atoms with Crippen molar-refractivity contribution in [1.29, 1.82) is 0 Å². The van der Waals surface area contributed by atoms with Crippen molar-refractivity contribution < 1.29 is 4.79 Å². The number of aryl methyl sites for hydroxylation is 2. The largest absolute Gasteiger partial charge is 0.361 e. The van der Waals surface area contributed by atoms with Gasteiger partial charge in [0.15, 0.2) is 0 Å². The molecule has 0 spiro atoms. The van der Waals surface area contributed by atoms with E-state index < -0.39 is 0 Å². The van der Waals surface area contributed by atoms with E-state index in [9.17, 15) is 4.79 Å². The minimum absolute atomic E-state index is 0.0282. The zero-order valence-electron chi connectivity index (χ0n) is 15.5. The van der Waals surface area contributed by atoms with Gasteiger partial charge in [0.05, 0.1) is 0 Å². The zero-order valence-corrected chi connectivity index (χ0v) is 16.3. The molecular formula is C23H22N2OS. The SMILES string of the molecule is Cc1ccc(C(=O)NCC(c2cccs2)c2c[nH]c3ccccc23)cc1C. The lowest BCUT2D eigenvalue weighted by molar-refractivity contribution is 0.0952. The molecule has 136 valence electrons. The highest BCUT2D eigenvalue weighted by atomic mass is 32.1. The fourth-order valence-corrected chi connectivity index (χ4v) is 4.26. The molecule has 0 bridgehead atoms. The van der Waals surface area contributed by atoms with E-state index in [2.05, 4.69) is 59.1 Å². The van der Waals surface area contributed by atoms with Gasteiger partial charge < -0.3 is 10.3 Å². The number of carbonyl (C=O) groups excluding carboxylic acids is 1. The van der Waals surface area contributed by atoms with E-state index in [0.717, 1.165) is 11.1 Å². The lowest BCUT2D eigenvalue weighted by Crippen LogP contribution is -2.28. The van der Waals surface area contributed by atoms with Gasteiger partial charge in [-0.15, -0.1) is 11.3 Å². The van der Waals surface area contributed by atoms with Crippen molar-refractivity contribution in [1.82, 2.24) is 10.3 Å². The van der Waals surface area contributed by atoms with Gasteiger partial charge in [-0.2, -0.15) is 0 Å². The summed E-state index contributed by atoms with van der Waals surface area (Å²) in [6, 6.07) is 18.3. The maximum Gasteiger partial charge on any atom is 0.251 e. The molecule has 0 saturated heterocycles. The molecule has 4 rings (SSSR count). The highest BCUT2D eigenvalue weighted by Crippen LogP contribution is 2.32. The Morgan fingerprint density at radius 1 is 1.07 bits per heavy atom. The molecule has 2 N–H and O–H groups in total. The van der Waals surface area contributed by atoms with E-state index in [0.29, 0.717) is 12.1 Å². The smallest absolute Gasteiger partial charge is 0.251 e. The number of aromatic amines is 1. The Kier molecular flexibility index (Phi) is 4.82. The van der Waals surface area contributed by atoms with Gasteiger partial charge in [-0.3, -0.25) is 4.79 Å². The minimum Gasteiger partial charge on any atom is -0.361 e. The van der Waals surface area contributed by atoms with Crippen molar-refractivity contribution in [2.24, 2.45) is 0 Å². The molecule has 2 aromatic heterocycles. The molecule has 1 unspecified atom stereocenters. The minimum atomic E-state index is -0.0282. The van der Waals surface area contributed by atoms with Crippen molar-refractivity contribution in [2.75, 3.05) is 6.54 Å². The molecule has 1 atom stereocenters. The first-order valence-corrected chi connectivity index (χ1v) is 9.96. The van der Waals surface area contributed by atoms with Crippen molar-refractivity contribution in [3.05, 3.63) is 93.3 Å². The first kappa shape index (κ1) is 17.6. The Morgan fingerprint density at radius 2 is 1.93 bits per heavy atom. The van der Waals surface area contributed by atoms with Gasteiger partial charge in [-0.1, -0.05) is 30.3 Å². The predicted octanol–water partition coefficient (Wildman–Crippen LogP) is 5.41. The zero-order chi connectivity index (χ0) is 18.8. The highest BCUT2D eigenvalue weighted by molar-refractivity contribution is 7.10. The average molecular weight is 375 g/mol. The summed E-state index contributed by atoms with van der Waals surface area (Å²) in [4.78, 5) is 17.3. The van der Waals surface area contributed by atoms with Crippen LogP contribution in [0.5, 0.6) is 0 Å². The predicted molar refractivity (Wildman–Crippen MR) is 113 cm³/mol. The summed E-state index contributed by atoms with van der Waals surface area (Å²) in [5.41, 5.74) is 5.38. The van der Waals surface area contributed by atoms with Crippen LogP contribution in [0.2, 0.25) is 0 Å². The summed E-state index contributed by atoms with van der Waals surface area (Å²) in [5, 5.41) is 6.43. The lowest BCUT2D eigenvalue weighted by atomic mass is 9.96. The monoisotopic (exact) mass is 374 g/mol. The topological polar surface area (TPSA) is 44.9 Å². The van der Waals surface area contributed by atoms with E-state index in [-0.39, 0.29) is 11.8 Å². The van der Waals surface area contributed by atoms with Gasteiger partial charge in [0.25, 0.3) is 5.91 Å². The number of amides is 1. The molecule has 2 aromatic carbocycles. The number of para-hydroxylation sites is 1. The van der Waals surface area contributed by atoms with Crippen LogP contribution in [0.3, 0.4) is 0 Å². The van der Waals surface area contributed by atoms with Crippen LogP contribution in [0, 0.1) is 13.8 Å². The van der Waals surface area contributed by atoms with Crippen molar-refractivity contribution in [2.45, 2.75) is 19.8 Å². The average Bonchev–Trinajstić information content (AvgIpc) is 3.35. The molecule has 0 aliphatic carbocycles. The number of nitrogens with one attached hydrogen (secondary N) is 2. The Bertz CT molecular complexity index is 1080. The quantitative estimate of drug-likeness (QED) is 0.482. The number of H-pyrrole nitrogens is 1. The first-order chi connectivity index (χ1) is 13.1. The number of rotatable bonds is 5. The molecular weight excluding hydrogens is 352 g/mol. The van der Waals surface area contributed by atoms with Gasteiger partial charge in [-0.05, 0) is 60.2 Å². The van der Waals surface area contributed by atoms with Crippen LogP contribution in [0.4, 0.5) is 0 Å². The molecule has 0 radical (unpaired) electrons. The van der Waals surface area contributed by atoms with E-state index >= 15 is 0 Å². The Balaban J connectivity index is 1.61. The molecule has 3 nitrogen and oxygen atoms in total. The van der Waals surface area contributed by atoms with Crippen molar-refractivity contribution in [3.8, 4) is 0 Å². The fraction of sp³-hybridized carbons (Fsp3) is 0.174. The molecule has 4 heteroatoms. The maximum atomic E-state index is 12.7. The van der Waals surface area contributed by atoms with Crippen LogP contribution in [0.25, 0.3) is 10.9 Å². The number of hydrogen-bond acceptors (Lipinski definition) is 2. The van der Waals surface area contributed by atoms with Crippen LogP contribution < -0.4 is 5.32 Å². The van der Waals surface area contributed by atoms with Crippen molar-refractivity contribution >= 4 is 28.1 Å². The van der Waals surface area contributed by atoms with E-state index in [1.54, 1.807) is 11.3 Å². The summed E-state index contributed by atoms with van der Waals surface area (Å²) < 4.78 is 0. The van der Waals surface area contributed by atoms with E-state index in [4.69, 9.17) is 0 Å². The van der Waals surface area contributed by atoms with Crippen LogP contribution in [-0.2, 0) is 0 Å². The first-order valence-electron chi connectivity index (χ1n) is 9.08. The second-order valence-corrected chi connectivity index (χ2v) is 7.85. The van der Waals surface area contributed by atoms with Crippen LogP contribution in [0.1, 0.15) is 37.8 Å². The van der Waals surface area contributed by atoms with Crippen LogP contribution >= 0.6 is 11.3 Å². The summed E-state index contributed by atoms with van der Waals surface area (Å²) in [6.45, 7) is 4.65. The number of carbonyl (C=O) groups is 1. The maximum absolute atomic E-state index is 12.7. The molecule has 27 heavy (non-hydrogen) atoms. The highest BCUT2D eigenvalue weighted by Gasteiger charge is 2.20. The summed E-state index contributed by atoms with van der Waals surface area (Å²) in [7, 11) is 0. The third-order valence-electron chi connectivity index (χ3n) is 5.12. The van der Waals surface area contributed by atoms with Gasteiger partial charge >= 0.3 is 0 Å². The number of thiophene rings is 1. The van der Waals surface area contributed by atoms with Crippen LogP contribution in [-0.4, -0.2) is 17.4 Å². The summed E-state index contributed by atoms with van der Waals surface area (Å²) >= 11 is 1.72. The second kappa shape index (κ2) is 7.41. The van der Waals surface area contributed by atoms with E-state index in [1.165, 1.54) is 21.4 Å². The summed E-state index contributed by atoms with van der Waals surface area (Å²) in [5.74, 6) is 0.0937. The molecule has 2 heterocycles. The normalized spacial score (nSPS) is 12.2. The molecule has 1 amide bonds. The van der Waals surface area contributed by atoms with Gasteiger partial charge in [0.2, 0.25) is 0 Å². The third kappa shape index (κ3) is 3.53. The Hall–Kier alpha value is -2.85. The van der Waals surface area contributed by atoms with E-state index in [1.807, 2.05) is 31.2 Å². The molecule has 0 saturated carbocycles. The van der Waals surface area contributed by atoms with Gasteiger partial charge in [0, 0.05) is 40.0 Å². The fourth-order valence-electron chi connectivity index (χ4n) is 3.42. The standard InChI is InChI=1S/C23H22N2OS/c1-15-9-10-17(12-16(15)2)23(26)25-14-20(22-8-5-11-27-22)19-13-24-21-7-4-3-6-18(19)21/h3-13,20,24H,14H2,1-2H3,(H,25,26). The second-order valence-electron chi connectivity index (χ2n) is 6.87. The number of hydrogen-bond donors (Lipinski definition) is 2. The van der Waals surface area contributed by atoms with Gasteiger partial charge in [0.1, 0.15) is 0 Å². The number of aromatic nitrogens is 1. The molecule has 4 aromatic rings. The number of benzene rings is 2. The number of fused-ring (bicyclic) bond motifs is 1. The summed E-state index contributed by atoms with van der Waals surface area (Å²) in [6.07, 6.45) is 2.07. The Labute approximate surface area is 163 Å². The van der Waals surface area contributed by atoms with Gasteiger partial charge in [-0.25, -0.2) is 0 Å². The lowest BCUT2D eigenvalue weighted by Gasteiger charge is -2.16. The molecule has 0 aliphatic rings. The Morgan fingerprint density at radius 3 is 2.70 bits per heavy atom.